The number of halogens is 2. The summed E-state index contributed by atoms with van der Waals surface area (Å²) in [5.41, 5.74) is 2.58. The minimum absolute atomic E-state index is 0.0905. The second kappa shape index (κ2) is 8.51. The van der Waals surface area contributed by atoms with E-state index in [9.17, 15) is 13.6 Å². The molecule has 0 aliphatic carbocycles. The monoisotopic (exact) mass is 361 g/mol. The molecule has 138 valence electrons. The zero-order valence-corrected chi connectivity index (χ0v) is 14.3. The molecule has 1 aliphatic rings. The molecule has 5 nitrogen and oxygen atoms in total. The number of hydrogen-bond donors (Lipinski definition) is 2. The minimum Gasteiger partial charge on any atom is -0.435 e. The fourth-order valence-electron chi connectivity index (χ4n) is 2.95. The van der Waals surface area contributed by atoms with Gasteiger partial charge in [0.25, 0.3) is 0 Å². The van der Waals surface area contributed by atoms with Crippen molar-refractivity contribution in [1.29, 1.82) is 0 Å². The number of carbonyl (C=O) groups excluding carboxylic acids is 1. The Balaban J connectivity index is 1.54. The van der Waals surface area contributed by atoms with Crippen molar-refractivity contribution in [2.45, 2.75) is 26.0 Å². The molecule has 26 heavy (non-hydrogen) atoms. The number of benzene rings is 2. The van der Waals surface area contributed by atoms with Gasteiger partial charge < -0.3 is 20.3 Å². The summed E-state index contributed by atoms with van der Waals surface area (Å²) in [7, 11) is 0. The van der Waals surface area contributed by atoms with Crippen LogP contribution < -0.4 is 20.3 Å². The first-order valence-electron chi connectivity index (χ1n) is 8.54. The number of hydrogen-bond acceptors (Lipinski definition) is 3. The van der Waals surface area contributed by atoms with E-state index < -0.39 is 6.61 Å². The van der Waals surface area contributed by atoms with Crippen molar-refractivity contribution >= 4 is 17.4 Å². The molecule has 0 bridgehead atoms. The zero-order chi connectivity index (χ0) is 18.4. The van der Waals surface area contributed by atoms with Crippen LogP contribution in [0.5, 0.6) is 5.75 Å². The van der Waals surface area contributed by atoms with Gasteiger partial charge in [0, 0.05) is 19.6 Å². The molecule has 2 N–H and O–H groups in total. The van der Waals surface area contributed by atoms with Crippen LogP contribution in [0.3, 0.4) is 0 Å². The quantitative estimate of drug-likeness (QED) is 0.810. The number of para-hydroxylation sites is 2. The average Bonchev–Trinajstić information content (AvgIpc) is 3.16. The largest absolute Gasteiger partial charge is 0.435 e. The van der Waals surface area contributed by atoms with E-state index in [0.717, 1.165) is 42.9 Å². The van der Waals surface area contributed by atoms with E-state index in [4.69, 9.17) is 0 Å². The Labute approximate surface area is 151 Å². The lowest BCUT2D eigenvalue weighted by Gasteiger charge is -2.21. The number of amides is 2. The van der Waals surface area contributed by atoms with Gasteiger partial charge in [0.1, 0.15) is 5.75 Å². The Kier molecular flexibility index (Phi) is 5.88. The second-order valence-corrected chi connectivity index (χ2v) is 6.04. The first-order chi connectivity index (χ1) is 12.6. The standard InChI is InChI=1S/C19H21F2N3O2/c20-18(21)26-15-9-7-14(8-10-15)13-22-19(25)23-16-5-1-2-6-17(16)24-11-3-4-12-24/h1-2,5-10,18H,3-4,11-13H2,(H2,22,23,25). The highest BCUT2D eigenvalue weighted by atomic mass is 19.3. The first kappa shape index (κ1) is 18.0. The Morgan fingerprint density at radius 3 is 2.46 bits per heavy atom. The van der Waals surface area contributed by atoms with E-state index in [1.165, 1.54) is 12.1 Å². The molecule has 1 heterocycles. The Morgan fingerprint density at radius 1 is 1.08 bits per heavy atom. The third kappa shape index (κ3) is 4.84. The normalized spacial score (nSPS) is 13.7. The van der Waals surface area contributed by atoms with Gasteiger partial charge in [0.05, 0.1) is 11.4 Å². The SMILES string of the molecule is O=C(NCc1ccc(OC(F)F)cc1)Nc1ccccc1N1CCCC1. The molecule has 1 aliphatic heterocycles. The van der Waals surface area contributed by atoms with Crippen molar-refractivity contribution < 1.29 is 18.3 Å². The molecule has 2 aromatic rings. The maximum absolute atomic E-state index is 12.2. The predicted molar refractivity (Wildman–Crippen MR) is 96.8 cm³/mol. The van der Waals surface area contributed by atoms with Gasteiger partial charge in [-0.1, -0.05) is 24.3 Å². The number of ether oxygens (including phenoxy) is 1. The molecular formula is C19H21F2N3O2. The van der Waals surface area contributed by atoms with Crippen molar-refractivity contribution in [2.24, 2.45) is 0 Å². The second-order valence-electron chi connectivity index (χ2n) is 6.04. The number of alkyl halides is 2. The smallest absolute Gasteiger partial charge is 0.387 e. The first-order valence-corrected chi connectivity index (χ1v) is 8.54. The van der Waals surface area contributed by atoms with Gasteiger partial charge >= 0.3 is 12.6 Å². The number of rotatable bonds is 6. The van der Waals surface area contributed by atoms with Crippen LogP contribution >= 0.6 is 0 Å². The van der Waals surface area contributed by atoms with E-state index in [0.29, 0.717) is 0 Å². The number of nitrogens with zero attached hydrogens (tertiary/aromatic N) is 1. The molecule has 2 aromatic carbocycles. The molecule has 0 unspecified atom stereocenters. The van der Waals surface area contributed by atoms with E-state index >= 15 is 0 Å². The molecule has 0 aromatic heterocycles. The summed E-state index contributed by atoms with van der Waals surface area (Å²) in [6.07, 6.45) is 2.32. The average molecular weight is 361 g/mol. The fraction of sp³-hybridized carbons (Fsp3) is 0.316. The molecular weight excluding hydrogens is 340 g/mol. The van der Waals surface area contributed by atoms with Crippen LogP contribution in [0.15, 0.2) is 48.5 Å². The molecule has 0 spiro atoms. The van der Waals surface area contributed by atoms with Gasteiger partial charge in [0.2, 0.25) is 0 Å². The molecule has 0 radical (unpaired) electrons. The van der Waals surface area contributed by atoms with Gasteiger partial charge in [-0.2, -0.15) is 8.78 Å². The summed E-state index contributed by atoms with van der Waals surface area (Å²) >= 11 is 0. The lowest BCUT2D eigenvalue weighted by molar-refractivity contribution is -0.0498. The summed E-state index contributed by atoms with van der Waals surface area (Å²) in [5, 5.41) is 5.65. The van der Waals surface area contributed by atoms with Crippen molar-refractivity contribution in [3.63, 3.8) is 0 Å². The molecule has 0 saturated carbocycles. The summed E-state index contributed by atoms with van der Waals surface area (Å²) in [5.74, 6) is 0.0905. The van der Waals surface area contributed by atoms with Crippen LogP contribution in [0, 0.1) is 0 Å². The number of anilines is 2. The van der Waals surface area contributed by atoms with Crippen LogP contribution in [0.2, 0.25) is 0 Å². The van der Waals surface area contributed by atoms with Crippen LogP contribution in [-0.2, 0) is 6.54 Å². The van der Waals surface area contributed by atoms with Crippen LogP contribution in [0.25, 0.3) is 0 Å². The third-order valence-corrected chi connectivity index (χ3v) is 4.20. The van der Waals surface area contributed by atoms with Crippen molar-refractivity contribution in [3.05, 3.63) is 54.1 Å². The Hall–Kier alpha value is -2.83. The Morgan fingerprint density at radius 2 is 1.77 bits per heavy atom. The van der Waals surface area contributed by atoms with Gasteiger partial charge in [-0.15, -0.1) is 0 Å². The summed E-state index contributed by atoms with van der Waals surface area (Å²) in [4.78, 5) is 14.5. The molecule has 2 amide bonds. The molecule has 0 atom stereocenters. The van der Waals surface area contributed by atoms with Crippen molar-refractivity contribution in [3.8, 4) is 5.75 Å². The molecule has 1 fully saturated rings. The maximum atomic E-state index is 12.2. The highest BCUT2D eigenvalue weighted by Gasteiger charge is 2.16. The van der Waals surface area contributed by atoms with E-state index in [2.05, 4.69) is 20.3 Å². The summed E-state index contributed by atoms with van der Waals surface area (Å²) in [6, 6.07) is 13.6. The zero-order valence-electron chi connectivity index (χ0n) is 14.3. The topological polar surface area (TPSA) is 53.6 Å². The van der Waals surface area contributed by atoms with E-state index in [1.807, 2.05) is 24.3 Å². The Bertz CT molecular complexity index is 732. The lowest BCUT2D eigenvalue weighted by Crippen LogP contribution is -2.29. The fourth-order valence-corrected chi connectivity index (χ4v) is 2.95. The van der Waals surface area contributed by atoms with E-state index in [-0.39, 0.29) is 18.3 Å². The van der Waals surface area contributed by atoms with Crippen LogP contribution in [0.1, 0.15) is 18.4 Å². The summed E-state index contributed by atoms with van der Waals surface area (Å²) in [6.45, 7) is -0.576. The predicted octanol–water partition coefficient (Wildman–Crippen LogP) is 4.21. The molecule has 3 rings (SSSR count). The summed E-state index contributed by atoms with van der Waals surface area (Å²) < 4.78 is 28.6. The molecule has 1 saturated heterocycles. The van der Waals surface area contributed by atoms with Crippen molar-refractivity contribution in [2.75, 3.05) is 23.3 Å². The highest BCUT2D eigenvalue weighted by Crippen LogP contribution is 2.28. The van der Waals surface area contributed by atoms with Gasteiger partial charge in [-0.3, -0.25) is 0 Å². The number of carbonyl (C=O) groups is 1. The van der Waals surface area contributed by atoms with Crippen LogP contribution in [0.4, 0.5) is 25.0 Å². The van der Waals surface area contributed by atoms with Gasteiger partial charge in [-0.05, 0) is 42.7 Å². The molecule has 7 heteroatoms. The highest BCUT2D eigenvalue weighted by molar-refractivity contribution is 5.93. The third-order valence-electron chi connectivity index (χ3n) is 4.20. The lowest BCUT2D eigenvalue weighted by atomic mass is 10.2. The van der Waals surface area contributed by atoms with Crippen molar-refractivity contribution in [1.82, 2.24) is 5.32 Å². The van der Waals surface area contributed by atoms with Gasteiger partial charge in [0.15, 0.2) is 0 Å². The number of urea groups is 1. The minimum atomic E-state index is -2.85. The maximum Gasteiger partial charge on any atom is 0.387 e. The van der Waals surface area contributed by atoms with E-state index in [1.54, 1.807) is 12.1 Å². The number of nitrogens with one attached hydrogen (secondary N) is 2. The van der Waals surface area contributed by atoms with Crippen LogP contribution in [-0.4, -0.2) is 25.7 Å². The van der Waals surface area contributed by atoms with Gasteiger partial charge in [-0.25, -0.2) is 4.79 Å².